The highest BCUT2D eigenvalue weighted by molar-refractivity contribution is 7.11. The van der Waals surface area contributed by atoms with E-state index in [1.54, 1.807) is 11.3 Å². The van der Waals surface area contributed by atoms with E-state index in [0.717, 1.165) is 76.0 Å². The van der Waals surface area contributed by atoms with Gasteiger partial charge >= 0.3 is 0 Å². The van der Waals surface area contributed by atoms with Crippen LogP contribution in [0.4, 0.5) is 0 Å². The molecule has 3 heterocycles. The van der Waals surface area contributed by atoms with Crippen LogP contribution >= 0.6 is 11.3 Å². The molecule has 32 heavy (non-hydrogen) atoms. The van der Waals surface area contributed by atoms with Gasteiger partial charge in [-0.3, -0.25) is 9.78 Å². The minimum Gasteiger partial charge on any atom is -0.356 e. The lowest BCUT2D eigenvalue weighted by molar-refractivity contribution is -0.120. The molecule has 0 spiro atoms. The average Bonchev–Trinajstić information content (AvgIpc) is 3.09. The Hall–Kier alpha value is -2.67. The van der Waals surface area contributed by atoms with Crippen LogP contribution < -0.4 is 5.32 Å². The Morgan fingerprint density at radius 3 is 2.53 bits per heavy atom. The highest BCUT2D eigenvalue weighted by atomic mass is 32.1. The number of aryl methyl sites for hydroxylation is 4. The summed E-state index contributed by atoms with van der Waals surface area (Å²) in [4.78, 5) is 31.5. The summed E-state index contributed by atoms with van der Waals surface area (Å²) >= 11 is 1.62. The lowest BCUT2D eigenvalue weighted by atomic mass is 9.78. The minimum atomic E-state index is 0.0979. The summed E-state index contributed by atoms with van der Waals surface area (Å²) in [6.07, 6.45) is 10.5. The number of pyridine rings is 1. The largest absolute Gasteiger partial charge is 0.356 e. The van der Waals surface area contributed by atoms with E-state index < -0.39 is 0 Å². The molecule has 1 N–H and O–H groups in total. The van der Waals surface area contributed by atoms with Gasteiger partial charge in [-0.15, -0.1) is 11.3 Å². The van der Waals surface area contributed by atoms with Crippen molar-refractivity contribution in [1.82, 2.24) is 25.3 Å². The number of carbonyl (C=O) groups excluding carboxylic acids is 1. The summed E-state index contributed by atoms with van der Waals surface area (Å²) in [5.74, 6) is 1.86. The zero-order chi connectivity index (χ0) is 22.7. The molecule has 0 aromatic carbocycles. The van der Waals surface area contributed by atoms with Gasteiger partial charge in [0, 0.05) is 41.5 Å². The summed E-state index contributed by atoms with van der Waals surface area (Å²) in [7, 11) is 0. The van der Waals surface area contributed by atoms with Gasteiger partial charge < -0.3 is 5.32 Å². The zero-order valence-corrected chi connectivity index (χ0v) is 20.1. The third-order valence-corrected chi connectivity index (χ3v) is 7.46. The molecule has 0 saturated heterocycles. The molecule has 7 heteroatoms. The van der Waals surface area contributed by atoms with Gasteiger partial charge in [-0.05, 0) is 76.5 Å². The van der Waals surface area contributed by atoms with Crippen molar-refractivity contribution in [3.63, 3.8) is 0 Å². The van der Waals surface area contributed by atoms with E-state index in [1.165, 1.54) is 0 Å². The van der Waals surface area contributed by atoms with Crippen LogP contribution in [0.5, 0.6) is 0 Å². The van der Waals surface area contributed by atoms with E-state index >= 15 is 0 Å². The van der Waals surface area contributed by atoms with E-state index in [9.17, 15) is 4.79 Å². The van der Waals surface area contributed by atoms with Crippen molar-refractivity contribution in [1.29, 1.82) is 0 Å². The van der Waals surface area contributed by atoms with Crippen LogP contribution in [0, 0.1) is 33.6 Å². The molecule has 0 atom stereocenters. The topological polar surface area (TPSA) is 80.7 Å². The van der Waals surface area contributed by atoms with E-state index in [4.69, 9.17) is 4.98 Å². The summed E-state index contributed by atoms with van der Waals surface area (Å²) in [5, 5.41) is 4.17. The number of nitrogens with one attached hydrogen (secondary N) is 1. The number of rotatable bonds is 6. The van der Waals surface area contributed by atoms with Crippen LogP contribution in [-0.4, -0.2) is 32.4 Å². The maximum atomic E-state index is 12.4. The predicted molar refractivity (Wildman–Crippen MR) is 128 cm³/mol. The molecule has 168 valence electrons. The highest BCUT2D eigenvalue weighted by Crippen LogP contribution is 2.39. The SMILES string of the molecule is Cc1ncc(-c2ccncc2C)c(C2CCC(CNC(=O)Cc3sc(C)nc3C)CC2)n1. The lowest BCUT2D eigenvalue weighted by Gasteiger charge is -2.29. The van der Waals surface area contributed by atoms with Crippen molar-refractivity contribution in [2.75, 3.05) is 6.54 Å². The summed E-state index contributed by atoms with van der Waals surface area (Å²) < 4.78 is 0. The minimum absolute atomic E-state index is 0.0979. The molecule has 6 nitrogen and oxygen atoms in total. The predicted octanol–water partition coefficient (Wildman–Crippen LogP) is 4.86. The number of thiazole rings is 1. The number of aromatic nitrogens is 4. The van der Waals surface area contributed by atoms with Gasteiger partial charge in [0.05, 0.1) is 22.8 Å². The first-order chi connectivity index (χ1) is 15.4. The maximum Gasteiger partial charge on any atom is 0.225 e. The standard InChI is InChI=1S/C25H31N5OS/c1-15-12-26-10-9-21(15)22-14-27-17(3)30-25(22)20-7-5-19(6-8-20)13-28-24(31)11-23-16(2)29-18(4)32-23/h9-10,12,14,19-20H,5-8,11,13H2,1-4H3,(H,28,31). The quantitative estimate of drug-likeness (QED) is 0.581. The fourth-order valence-electron chi connectivity index (χ4n) is 4.63. The van der Waals surface area contributed by atoms with Crippen LogP contribution in [0.3, 0.4) is 0 Å². The van der Waals surface area contributed by atoms with Crippen molar-refractivity contribution < 1.29 is 4.79 Å². The van der Waals surface area contributed by atoms with Crippen LogP contribution in [0.2, 0.25) is 0 Å². The fourth-order valence-corrected chi connectivity index (χ4v) is 5.56. The van der Waals surface area contributed by atoms with Crippen LogP contribution in [0.15, 0.2) is 24.7 Å². The van der Waals surface area contributed by atoms with Crippen LogP contribution in [-0.2, 0) is 11.2 Å². The first-order valence-electron chi connectivity index (χ1n) is 11.3. The number of nitrogens with zero attached hydrogens (tertiary/aromatic N) is 4. The van der Waals surface area contributed by atoms with Gasteiger partial charge in [0.2, 0.25) is 5.91 Å². The third kappa shape index (κ3) is 5.21. The first-order valence-corrected chi connectivity index (χ1v) is 12.2. The Bertz CT molecular complexity index is 1100. The van der Waals surface area contributed by atoms with Gasteiger partial charge in [-0.1, -0.05) is 0 Å². The van der Waals surface area contributed by atoms with Gasteiger partial charge in [-0.2, -0.15) is 0 Å². The van der Waals surface area contributed by atoms with E-state index in [0.29, 0.717) is 18.3 Å². The molecular formula is C25H31N5OS. The second kappa shape index (κ2) is 9.86. The van der Waals surface area contributed by atoms with E-state index in [2.05, 4.69) is 33.3 Å². The zero-order valence-electron chi connectivity index (χ0n) is 19.3. The molecule has 1 saturated carbocycles. The van der Waals surface area contributed by atoms with Crippen molar-refractivity contribution in [2.45, 2.75) is 65.7 Å². The van der Waals surface area contributed by atoms with E-state index in [1.807, 2.05) is 39.4 Å². The van der Waals surface area contributed by atoms with Gasteiger partial charge in [0.15, 0.2) is 0 Å². The van der Waals surface area contributed by atoms with Crippen LogP contribution in [0.1, 0.15) is 64.3 Å². The smallest absolute Gasteiger partial charge is 0.225 e. The molecule has 1 fully saturated rings. The Balaban J connectivity index is 1.36. The Kier molecular flexibility index (Phi) is 6.94. The molecule has 0 radical (unpaired) electrons. The lowest BCUT2D eigenvalue weighted by Crippen LogP contribution is -2.32. The third-order valence-electron chi connectivity index (χ3n) is 6.39. The monoisotopic (exact) mass is 449 g/mol. The summed E-state index contributed by atoms with van der Waals surface area (Å²) in [6, 6.07) is 2.06. The highest BCUT2D eigenvalue weighted by Gasteiger charge is 2.26. The summed E-state index contributed by atoms with van der Waals surface area (Å²) in [5.41, 5.74) is 5.57. The molecule has 1 aliphatic rings. The summed E-state index contributed by atoms with van der Waals surface area (Å²) in [6.45, 7) is 8.75. The molecule has 1 aliphatic carbocycles. The molecule has 3 aromatic rings. The number of amides is 1. The molecule has 0 bridgehead atoms. The Morgan fingerprint density at radius 1 is 1.06 bits per heavy atom. The van der Waals surface area contributed by atoms with Crippen LogP contribution in [0.25, 0.3) is 11.1 Å². The second-order valence-corrected chi connectivity index (χ2v) is 10.1. The van der Waals surface area contributed by atoms with Gasteiger partial charge in [-0.25, -0.2) is 15.0 Å². The van der Waals surface area contributed by atoms with Crippen molar-refractivity contribution in [3.05, 3.63) is 57.3 Å². The van der Waals surface area contributed by atoms with Gasteiger partial charge in [0.1, 0.15) is 5.82 Å². The van der Waals surface area contributed by atoms with Crippen molar-refractivity contribution in [2.24, 2.45) is 5.92 Å². The fraction of sp³-hybridized carbons (Fsp3) is 0.480. The molecule has 1 amide bonds. The van der Waals surface area contributed by atoms with Crippen molar-refractivity contribution >= 4 is 17.2 Å². The Labute approximate surface area is 194 Å². The number of carbonyl (C=O) groups is 1. The van der Waals surface area contributed by atoms with Gasteiger partial charge in [0.25, 0.3) is 0 Å². The average molecular weight is 450 g/mol. The maximum absolute atomic E-state index is 12.4. The number of hydrogen-bond donors (Lipinski definition) is 1. The normalized spacial score (nSPS) is 18.5. The molecule has 0 unspecified atom stereocenters. The first kappa shape index (κ1) is 22.5. The number of hydrogen-bond acceptors (Lipinski definition) is 6. The second-order valence-electron chi connectivity index (χ2n) is 8.85. The molecule has 4 rings (SSSR count). The molecule has 0 aliphatic heterocycles. The molecular weight excluding hydrogens is 418 g/mol. The van der Waals surface area contributed by atoms with E-state index in [-0.39, 0.29) is 5.91 Å². The van der Waals surface area contributed by atoms with Crippen molar-refractivity contribution in [3.8, 4) is 11.1 Å². The Morgan fingerprint density at radius 2 is 1.84 bits per heavy atom. The molecule has 3 aromatic heterocycles.